The topological polar surface area (TPSA) is 83.5 Å². The lowest BCUT2D eigenvalue weighted by Crippen LogP contribution is -2.31. The summed E-state index contributed by atoms with van der Waals surface area (Å²) < 4.78 is 24.1. The molecule has 1 aromatic carbocycles. The first-order valence-electron chi connectivity index (χ1n) is 7.15. The normalized spacial score (nSPS) is 16.5. The monoisotopic (exact) mass is 311 g/mol. The molecule has 1 saturated carbocycles. The van der Waals surface area contributed by atoms with Gasteiger partial charge < -0.3 is 10.4 Å². The van der Waals surface area contributed by atoms with Crippen LogP contribution in [0.15, 0.2) is 29.2 Å². The van der Waals surface area contributed by atoms with Crippen molar-refractivity contribution in [1.29, 1.82) is 0 Å². The molecule has 1 aromatic rings. The van der Waals surface area contributed by atoms with Gasteiger partial charge in [-0.15, -0.1) is 0 Å². The first-order chi connectivity index (χ1) is 9.94. The summed E-state index contributed by atoms with van der Waals surface area (Å²) in [5.74, 6) is -0.405. The average molecular weight is 311 g/mol. The van der Waals surface area contributed by atoms with E-state index in [1.807, 2.05) is 0 Å². The zero-order valence-corrected chi connectivity index (χ0v) is 12.9. The van der Waals surface area contributed by atoms with Crippen molar-refractivity contribution in [2.45, 2.75) is 31.1 Å². The molecule has 0 unspecified atom stereocenters. The predicted octanol–water partition coefficient (Wildman–Crippen LogP) is 1.37. The van der Waals surface area contributed by atoms with Crippen molar-refractivity contribution >= 4 is 15.7 Å². The Morgan fingerprint density at radius 1 is 1.33 bits per heavy atom. The first kappa shape index (κ1) is 16.0. The second kappa shape index (κ2) is 6.15. The Bertz CT molecular complexity index is 620. The van der Waals surface area contributed by atoms with Crippen molar-refractivity contribution in [3.05, 3.63) is 29.8 Å². The molecule has 0 bridgehead atoms. The standard InChI is InChI=1S/C15H21NO4S/c1-2-21(19,20)13-6-4-3-5-12(13)14(18)16-11-15(7-8-15)9-10-17/h3-6,17H,2,7-11H2,1H3,(H,16,18). The molecule has 0 aromatic heterocycles. The van der Waals surface area contributed by atoms with E-state index in [-0.39, 0.29) is 34.1 Å². The average Bonchev–Trinajstić information content (AvgIpc) is 3.25. The molecule has 21 heavy (non-hydrogen) atoms. The first-order valence-corrected chi connectivity index (χ1v) is 8.80. The molecular weight excluding hydrogens is 290 g/mol. The van der Waals surface area contributed by atoms with Crippen LogP contribution in [-0.4, -0.2) is 38.3 Å². The van der Waals surface area contributed by atoms with Gasteiger partial charge in [0.1, 0.15) is 0 Å². The molecule has 1 amide bonds. The van der Waals surface area contributed by atoms with E-state index in [4.69, 9.17) is 5.11 Å². The third kappa shape index (κ3) is 3.63. The number of carbonyl (C=O) groups is 1. The summed E-state index contributed by atoms with van der Waals surface area (Å²) in [6.07, 6.45) is 2.65. The maximum atomic E-state index is 12.3. The van der Waals surface area contributed by atoms with Gasteiger partial charge in [-0.1, -0.05) is 19.1 Å². The van der Waals surface area contributed by atoms with Crippen LogP contribution in [-0.2, 0) is 9.84 Å². The highest BCUT2D eigenvalue weighted by molar-refractivity contribution is 7.91. The van der Waals surface area contributed by atoms with Crippen LogP contribution < -0.4 is 5.32 Å². The highest BCUT2D eigenvalue weighted by Crippen LogP contribution is 2.47. The van der Waals surface area contributed by atoms with Crippen molar-refractivity contribution in [3.63, 3.8) is 0 Å². The van der Waals surface area contributed by atoms with Crippen LogP contribution >= 0.6 is 0 Å². The minimum atomic E-state index is -3.42. The Kier molecular flexibility index (Phi) is 4.68. The van der Waals surface area contributed by atoms with E-state index in [1.165, 1.54) is 12.1 Å². The smallest absolute Gasteiger partial charge is 0.252 e. The van der Waals surface area contributed by atoms with Crippen LogP contribution in [0.2, 0.25) is 0 Å². The lowest BCUT2D eigenvalue weighted by atomic mass is 10.0. The molecule has 0 saturated heterocycles. The molecule has 1 aliphatic rings. The van der Waals surface area contributed by atoms with Crippen molar-refractivity contribution in [1.82, 2.24) is 5.32 Å². The van der Waals surface area contributed by atoms with Gasteiger partial charge in [0.25, 0.3) is 5.91 Å². The fourth-order valence-corrected chi connectivity index (χ4v) is 3.47. The van der Waals surface area contributed by atoms with Crippen LogP contribution in [0.5, 0.6) is 0 Å². The summed E-state index contributed by atoms with van der Waals surface area (Å²) in [5, 5.41) is 11.8. The number of hydrogen-bond acceptors (Lipinski definition) is 4. The van der Waals surface area contributed by atoms with E-state index in [1.54, 1.807) is 19.1 Å². The highest BCUT2D eigenvalue weighted by Gasteiger charge is 2.42. The van der Waals surface area contributed by atoms with E-state index in [2.05, 4.69) is 5.32 Å². The van der Waals surface area contributed by atoms with E-state index >= 15 is 0 Å². The zero-order valence-electron chi connectivity index (χ0n) is 12.1. The van der Waals surface area contributed by atoms with Gasteiger partial charge in [-0.2, -0.15) is 0 Å². The van der Waals surface area contributed by atoms with Crippen molar-refractivity contribution in [2.24, 2.45) is 5.41 Å². The molecule has 0 radical (unpaired) electrons. The molecule has 0 aliphatic heterocycles. The molecular formula is C15H21NO4S. The summed E-state index contributed by atoms with van der Waals surface area (Å²) in [4.78, 5) is 12.3. The molecule has 116 valence electrons. The van der Waals surface area contributed by atoms with E-state index < -0.39 is 9.84 Å². The number of amides is 1. The second-order valence-electron chi connectivity index (χ2n) is 5.56. The SMILES string of the molecule is CCS(=O)(=O)c1ccccc1C(=O)NCC1(CCO)CC1. The number of aliphatic hydroxyl groups is 1. The summed E-state index contributed by atoms with van der Waals surface area (Å²) in [6, 6.07) is 6.27. The Morgan fingerprint density at radius 2 is 2.00 bits per heavy atom. The molecule has 2 rings (SSSR count). The molecule has 1 aliphatic carbocycles. The van der Waals surface area contributed by atoms with Crippen molar-refractivity contribution in [3.8, 4) is 0 Å². The summed E-state index contributed by atoms with van der Waals surface area (Å²) in [6.45, 7) is 2.15. The highest BCUT2D eigenvalue weighted by atomic mass is 32.2. The third-order valence-electron chi connectivity index (χ3n) is 4.07. The minimum Gasteiger partial charge on any atom is -0.396 e. The number of aliphatic hydroxyl groups excluding tert-OH is 1. The van der Waals surface area contributed by atoms with Crippen LogP contribution in [0.3, 0.4) is 0 Å². The molecule has 0 spiro atoms. The number of carbonyl (C=O) groups excluding carboxylic acids is 1. The summed E-state index contributed by atoms with van der Waals surface area (Å²) >= 11 is 0. The minimum absolute atomic E-state index is 0.00296. The molecule has 1 fully saturated rings. The van der Waals surface area contributed by atoms with Crippen molar-refractivity contribution < 1.29 is 18.3 Å². The van der Waals surface area contributed by atoms with Crippen LogP contribution in [0.25, 0.3) is 0 Å². The van der Waals surface area contributed by atoms with Gasteiger partial charge >= 0.3 is 0 Å². The Hall–Kier alpha value is -1.40. The Balaban J connectivity index is 2.13. The van der Waals surface area contributed by atoms with Gasteiger partial charge in [-0.05, 0) is 36.8 Å². The number of rotatable bonds is 7. The largest absolute Gasteiger partial charge is 0.396 e. The van der Waals surface area contributed by atoms with E-state index in [0.717, 1.165) is 12.8 Å². The Labute approximate surface area is 125 Å². The summed E-state index contributed by atoms with van der Waals surface area (Å²) in [7, 11) is -3.42. The van der Waals surface area contributed by atoms with Crippen LogP contribution in [0, 0.1) is 5.41 Å². The maximum absolute atomic E-state index is 12.3. The second-order valence-corrected chi connectivity index (χ2v) is 7.80. The lowest BCUT2D eigenvalue weighted by molar-refractivity contribution is 0.0937. The number of nitrogens with one attached hydrogen (secondary N) is 1. The predicted molar refractivity (Wildman–Crippen MR) is 79.9 cm³/mol. The molecule has 6 heteroatoms. The van der Waals surface area contributed by atoms with E-state index in [9.17, 15) is 13.2 Å². The van der Waals surface area contributed by atoms with Gasteiger partial charge in [0.2, 0.25) is 0 Å². The van der Waals surface area contributed by atoms with Crippen molar-refractivity contribution in [2.75, 3.05) is 18.9 Å². The molecule has 5 nitrogen and oxygen atoms in total. The Morgan fingerprint density at radius 3 is 2.57 bits per heavy atom. The number of benzene rings is 1. The van der Waals surface area contributed by atoms with Crippen LogP contribution in [0.4, 0.5) is 0 Å². The third-order valence-corrected chi connectivity index (χ3v) is 5.86. The lowest BCUT2D eigenvalue weighted by Gasteiger charge is -2.15. The van der Waals surface area contributed by atoms with Gasteiger partial charge in [0.15, 0.2) is 9.84 Å². The number of hydrogen-bond donors (Lipinski definition) is 2. The van der Waals surface area contributed by atoms with Gasteiger partial charge in [-0.3, -0.25) is 4.79 Å². The fraction of sp³-hybridized carbons (Fsp3) is 0.533. The van der Waals surface area contributed by atoms with Crippen LogP contribution in [0.1, 0.15) is 36.5 Å². The van der Waals surface area contributed by atoms with Gasteiger partial charge in [-0.25, -0.2) is 8.42 Å². The van der Waals surface area contributed by atoms with Gasteiger partial charge in [0, 0.05) is 13.2 Å². The fourth-order valence-electron chi connectivity index (χ4n) is 2.37. The summed E-state index contributed by atoms with van der Waals surface area (Å²) in [5.41, 5.74) is 0.197. The quantitative estimate of drug-likeness (QED) is 0.796. The molecule has 0 heterocycles. The molecule has 2 N–H and O–H groups in total. The van der Waals surface area contributed by atoms with E-state index in [0.29, 0.717) is 13.0 Å². The zero-order chi connectivity index (χ0) is 15.5. The number of sulfone groups is 1. The maximum Gasteiger partial charge on any atom is 0.252 e. The molecule has 0 atom stereocenters. The van der Waals surface area contributed by atoms with Gasteiger partial charge in [0.05, 0.1) is 16.2 Å².